The van der Waals surface area contributed by atoms with Crippen LogP contribution >= 0.6 is 0 Å². The fourth-order valence-corrected chi connectivity index (χ4v) is 6.30. The van der Waals surface area contributed by atoms with E-state index in [2.05, 4.69) is 42.8 Å². The molecule has 3 atom stereocenters. The van der Waals surface area contributed by atoms with Gasteiger partial charge in [-0.2, -0.15) is 0 Å². The molecule has 2 saturated heterocycles. The average Bonchev–Trinajstić information content (AvgIpc) is 3.33. The molecule has 2 aliphatic rings. The van der Waals surface area contributed by atoms with Crippen molar-refractivity contribution in [3.8, 4) is 0 Å². The van der Waals surface area contributed by atoms with Crippen LogP contribution in [0.25, 0.3) is 10.9 Å². The van der Waals surface area contributed by atoms with Crippen molar-refractivity contribution in [3.05, 3.63) is 70.4 Å². The molecule has 0 saturated carbocycles. The number of carboxylic acid groups (broad SMARTS) is 1. The summed E-state index contributed by atoms with van der Waals surface area (Å²) in [6.07, 6.45) is 6.51. The van der Waals surface area contributed by atoms with E-state index in [4.69, 9.17) is 4.74 Å². The van der Waals surface area contributed by atoms with Crippen molar-refractivity contribution in [1.29, 1.82) is 0 Å². The molecule has 0 spiro atoms. The second-order valence-electron chi connectivity index (χ2n) is 9.51. The predicted molar refractivity (Wildman–Crippen MR) is 126 cm³/mol. The summed E-state index contributed by atoms with van der Waals surface area (Å²) >= 11 is 0. The number of aryl methyl sites for hydroxylation is 2. The largest absolute Gasteiger partial charge is 0.478 e. The molecule has 2 fully saturated rings. The van der Waals surface area contributed by atoms with Gasteiger partial charge in [0.1, 0.15) is 0 Å². The minimum Gasteiger partial charge on any atom is -0.478 e. The molecule has 32 heavy (non-hydrogen) atoms. The molecule has 2 aliphatic heterocycles. The van der Waals surface area contributed by atoms with Gasteiger partial charge in [-0.05, 0) is 86.9 Å². The standard InChI is InChI=1S/C27H32N2O3/c1-4-32-22-14-21-9-11-27(15-22,20-7-5-19(6-8-20)26(30)31)29(21)16-24-17(2)13-18(3)25-23(24)10-12-28-25/h5-8,10,12-13,21-22,28H,4,9,11,14-16H2,1-3H3,(H,30,31)/t21-,22-,27?/m1/s1. The summed E-state index contributed by atoms with van der Waals surface area (Å²) in [6.45, 7) is 8.08. The highest BCUT2D eigenvalue weighted by Gasteiger charge is 2.52. The van der Waals surface area contributed by atoms with Gasteiger partial charge in [0.25, 0.3) is 0 Å². The van der Waals surface area contributed by atoms with Gasteiger partial charge in [0.05, 0.1) is 11.7 Å². The zero-order chi connectivity index (χ0) is 22.5. The number of rotatable bonds is 6. The summed E-state index contributed by atoms with van der Waals surface area (Å²) in [7, 11) is 0. The van der Waals surface area contributed by atoms with Crippen molar-refractivity contribution >= 4 is 16.9 Å². The fourth-order valence-electron chi connectivity index (χ4n) is 6.30. The number of hydrogen-bond donors (Lipinski definition) is 2. The normalized spacial score (nSPS) is 25.5. The summed E-state index contributed by atoms with van der Waals surface area (Å²) in [5.41, 5.74) is 6.65. The molecular formula is C27H32N2O3. The van der Waals surface area contributed by atoms with Crippen LogP contribution in [0.2, 0.25) is 0 Å². The lowest BCUT2D eigenvalue weighted by Gasteiger charge is -2.48. The van der Waals surface area contributed by atoms with Crippen LogP contribution in [0.3, 0.4) is 0 Å². The van der Waals surface area contributed by atoms with Crippen LogP contribution in [-0.2, 0) is 16.8 Å². The highest BCUT2D eigenvalue weighted by Crippen LogP contribution is 2.52. The van der Waals surface area contributed by atoms with Gasteiger partial charge >= 0.3 is 5.97 Å². The Labute approximate surface area is 189 Å². The van der Waals surface area contributed by atoms with Crippen LogP contribution in [-0.4, -0.2) is 39.7 Å². The van der Waals surface area contributed by atoms with Gasteiger partial charge in [-0.1, -0.05) is 18.2 Å². The van der Waals surface area contributed by atoms with E-state index < -0.39 is 5.97 Å². The van der Waals surface area contributed by atoms with Gasteiger partial charge < -0.3 is 14.8 Å². The third-order valence-electron chi connectivity index (χ3n) is 7.76. The highest BCUT2D eigenvalue weighted by atomic mass is 16.5. The SMILES string of the molecule is CCO[C@@H]1C[C@H]2CCC(c3ccc(C(=O)O)cc3)(C1)N2Cc1c(C)cc(C)c2[nH]ccc12. The number of aromatic carboxylic acids is 1. The number of carboxylic acids is 1. The zero-order valence-corrected chi connectivity index (χ0v) is 19.1. The molecule has 5 heteroatoms. The molecule has 0 aliphatic carbocycles. The van der Waals surface area contributed by atoms with Gasteiger partial charge in [0.2, 0.25) is 0 Å². The molecule has 2 N–H and O–H groups in total. The molecule has 5 rings (SSSR count). The predicted octanol–water partition coefficient (Wildman–Crippen LogP) is 5.54. The quantitative estimate of drug-likeness (QED) is 0.537. The van der Waals surface area contributed by atoms with E-state index in [-0.39, 0.29) is 11.6 Å². The van der Waals surface area contributed by atoms with E-state index in [1.165, 1.54) is 33.2 Å². The van der Waals surface area contributed by atoms with Gasteiger partial charge in [-0.15, -0.1) is 0 Å². The number of nitrogens with zero attached hydrogens (tertiary/aromatic N) is 1. The van der Waals surface area contributed by atoms with Crippen LogP contribution in [0.4, 0.5) is 0 Å². The fraction of sp³-hybridized carbons (Fsp3) is 0.444. The summed E-state index contributed by atoms with van der Waals surface area (Å²) in [5, 5.41) is 10.7. The van der Waals surface area contributed by atoms with Crippen molar-refractivity contribution < 1.29 is 14.6 Å². The van der Waals surface area contributed by atoms with Crippen LogP contribution in [0.5, 0.6) is 0 Å². The minimum absolute atomic E-state index is 0.125. The van der Waals surface area contributed by atoms with Crippen LogP contribution in [0, 0.1) is 13.8 Å². The van der Waals surface area contributed by atoms with E-state index in [0.717, 1.165) is 38.8 Å². The maximum absolute atomic E-state index is 11.4. The molecule has 3 heterocycles. The Morgan fingerprint density at radius 1 is 1.22 bits per heavy atom. The number of aromatic nitrogens is 1. The lowest BCUT2D eigenvalue weighted by molar-refractivity contribution is -0.0591. The Hall–Kier alpha value is -2.63. The highest BCUT2D eigenvalue weighted by molar-refractivity contribution is 5.88. The number of aromatic amines is 1. The number of ether oxygens (including phenoxy) is 1. The second-order valence-corrected chi connectivity index (χ2v) is 9.51. The first-order valence-electron chi connectivity index (χ1n) is 11.7. The summed E-state index contributed by atoms with van der Waals surface area (Å²) < 4.78 is 6.14. The van der Waals surface area contributed by atoms with Gasteiger partial charge in [-0.25, -0.2) is 4.79 Å². The number of nitrogens with one attached hydrogen (secondary N) is 1. The molecule has 1 unspecified atom stereocenters. The van der Waals surface area contributed by atoms with Crippen LogP contribution < -0.4 is 0 Å². The molecule has 168 valence electrons. The monoisotopic (exact) mass is 432 g/mol. The van der Waals surface area contributed by atoms with Crippen molar-refractivity contribution in [2.75, 3.05) is 6.61 Å². The van der Waals surface area contributed by atoms with Gasteiger partial charge in [-0.3, -0.25) is 4.90 Å². The molecule has 0 amide bonds. The molecule has 0 radical (unpaired) electrons. The van der Waals surface area contributed by atoms with Crippen molar-refractivity contribution in [3.63, 3.8) is 0 Å². The van der Waals surface area contributed by atoms with Crippen LogP contribution in [0.1, 0.15) is 65.2 Å². The third kappa shape index (κ3) is 3.35. The Bertz CT molecular complexity index is 1150. The molecule has 2 bridgehead atoms. The smallest absolute Gasteiger partial charge is 0.335 e. The Morgan fingerprint density at radius 2 is 2.00 bits per heavy atom. The Morgan fingerprint density at radius 3 is 2.72 bits per heavy atom. The molecule has 3 aromatic rings. The number of fused-ring (bicyclic) bond motifs is 3. The summed E-state index contributed by atoms with van der Waals surface area (Å²) in [5.74, 6) is -0.879. The Kier molecular flexibility index (Phi) is 5.34. The van der Waals surface area contributed by atoms with E-state index >= 15 is 0 Å². The van der Waals surface area contributed by atoms with E-state index in [1.54, 1.807) is 12.1 Å². The first-order chi connectivity index (χ1) is 15.4. The van der Waals surface area contributed by atoms with E-state index in [1.807, 2.05) is 18.3 Å². The first-order valence-corrected chi connectivity index (χ1v) is 11.7. The van der Waals surface area contributed by atoms with Crippen molar-refractivity contribution in [2.45, 2.75) is 70.7 Å². The summed E-state index contributed by atoms with van der Waals surface area (Å²) in [6, 6.07) is 12.5. The zero-order valence-electron chi connectivity index (χ0n) is 19.1. The average molecular weight is 433 g/mol. The third-order valence-corrected chi connectivity index (χ3v) is 7.76. The second kappa shape index (κ2) is 8.05. The number of carbonyl (C=O) groups is 1. The number of benzene rings is 2. The first kappa shape index (κ1) is 21.2. The lowest BCUT2D eigenvalue weighted by Crippen LogP contribution is -2.52. The van der Waals surface area contributed by atoms with Crippen molar-refractivity contribution in [1.82, 2.24) is 9.88 Å². The number of piperidine rings is 1. The van der Waals surface area contributed by atoms with E-state index in [0.29, 0.717) is 11.6 Å². The topological polar surface area (TPSA) is 65.6 Å². The Balaban J connectivity index is 1.58. The molecule has 1 aromatic heterocycles. The van der Waals surface area contributed by atoms with Crippen molar-refractivity contribution in [2.24, 2.45) is 0 Å². The summed E-state index contributed by atoms with van der Waals surface area (Å²) in [4.78, 5) is 17.5. The van der Waals surface area contributed by atoms with Crippen LogP contribution in [0.15, 0.2) is 42.6 Å². The van der Waals surface area contributed by atoms with Gasteiger partial charge in [0, 0.05) is 41.8 Å². The number of H-pyrrole nitrogens is 1. The molecule has 2 aromatic carbocycles. The maximum atomic E-state index is 11.4. The molecule has 5 nitrogen and oxygen atoms in total. The van der Waals surface area contributed by atoms with Gasteiger partial charge in [0.15, 0.2) is 0 Å². The molecular weight excluding hydrogens is 400 g/mol. The minimum atomic E-state index is -0.879. The lowest BCUT2D eigenvalue weighted by atomic mass is 9.79. The maximum Gasteiger partial charge on any atom is 0.335 e. The number of hydrogen-bond acceptors (Lipinski definition) is 3. The van der Waals surface area contributed by atoms with E-state index in [9.17, 15) is 9.90 Å².